The van der Waals surface area contributed by atoms with Crippen molar-refractivity contribution in [3.63, 3.8) is 0 Å². The number of nitrogens with two attached hydrogens (primary N) is 2. The lowest BCUT2D eigenvalue weighted by Crippen LogP contribution is -2.35. The molecule has 2 bridgehead atoms. The van der Waals surface area contributed by atoms with E-state index in [1.165, 1.54) is 19.3 Å². The highest BCUT2D eigenvalue weighted by Crippen LogP contribution is 2.42. The van der Waals surface area contributed by atoms with Gasteiger partial charge in [0.15, 0.2) is 0 Å². The van der Waals surface area contributed by atoms with Crippen molar-refractivity contribution < 1.29 is 0 Å². The normalized spacial score (nSPS) is 56.7. The molecule has 2 rings (SSSR count). The van der Waals surface area contributed by atoms with Gasteiger partial charge in [-0.2, -0.15) is 0 Å². The Morgan fingerprint density at radius 3 is 1.44 bits per heavy atom. The summed E-state index contributed by atoms with van der Waals surface area (Å²) in [6.45, 7) is 0. The number of fused-ring (bicyclic) bond motifs is 2. The second-order valence-corrected chi connectivity index (χ2v) is 3.55. The molecule has 4 atom stereocenters. The quantitative estimate of drug-likeness (QED) is 0.482. The van der Waals surface area contributed by atoms with Gasteiger partial charge >= 0.3 is 0 Å². The molecule has 2 saturated carbocycles. The molecular formula is C7H14N2. The highest BCUT2D eigenvalue weighted by molar-refractivity contribution is 4.98. The zero-order valence-corrected chi connectivity index (χ0v) is 5.59. The first kappa shape index (κ1) is 5.69. The van der Waals surface area contributed by atoms with Gasteiger partial charge in [0.25, 0.3) is 0 Å². The largest absolute Gasteiger partial charge is 0.327 e. The molecule has 0 spiro atoms. The van der Waals surface area contributed by atoms with Crippen LogP contribution in [0.4, 0.5) is 0 Å². The predicted molar refractivity (Wildman–Crippen MR) is 36.8 cm³/mol. The van der Waals surface area contributed by atoms with Crippen LogP contribution in [0.5, 0.6) is 0 Å². The lowest BCUT2D eigenvalue weighted by Gasteiger charge is -2.21. The van der Waals surface area contributed by atoms with Gasteiger partial charge in [-0.15, -0.1) is 0 Å². The van der Waals surface area contributed by atoms with Crippen LogP contribution in [-0.4, -0.2) is 12.1 Å². The second kappa shape index (κ2) is 1.70. The maximum absolute atomic E-state index is 5.83. The van der Waals surface area contributed by atoms with E-state index in [1.54, 1.807) is 0 Å². The van der Waals surface area contributed by atoms with Gasteiger partial charge in [-0.25, -0.2) is 0 Å². The smallest absolute Gasteiger partial charge is 0.00710 e. The molecule has 4 unspecified atom stereocenters. The van der Waals surface area contributed by atoms with Crippen molar-refractivity contribution in [1.29, 1.82) is 0 Å². The number of hydrogen-bond donors (Lipinski definition) is 2. The topological polar surface area (TPSA) is 52.0 Å². The fraction of sp³-hybridized carbons (Fsp3) is 1.00. The number of rotatable bonds is 0. The molecule has 0 heterocycles. The standard InChI is InChI=1S/C7H14N2/c8-6-2-4-1-5(6)3-7(4)9/h4-7H,1-3,8-9H2. The van der Waals surface area contributed by atoms with E-state index in [1.807, 2.05) is 0 Å². The Hall–Kier alpha value is -0.0800. The first-order chi connectivity index (χ1) is 4.27. The minimum atomic E-state index is 0.481. The van der Waals surface area contributed by atoms with Crippen LogP contribution >= 0.6 is 0 Å². The van der Waals surface area contributed by atoms with Crippen LogP contribution in [0.2, 0.25) is 0 Å². The average molecular weight is 126 g/mol. The van der Waals surface area contributed by atoms with Gasteiger partial charge in [0.1, 0.15) is 0 Å². The molecule has 2 nitrogen and oxygen atoms in total. The van der Waals surface area contributed by atoms with Crippen molar-refractivity contribution in [2.24, 2.45) is 23.3 Å². The molecule has 2 aliphatic rings. The van der Waals surface area contributed by atoms with E-state index in [4.69, 9.17) is 11.5 Å². The first-order valence-electron chi connectivity index (χ1n) is 3.78. The summed E-state index contributed by atoms with van der Waals surface area (Å²) in [6.07, 6.45) is 3.68. The second-order valence-electron chi connectivity index (χ2n) is 3.55. The summed E-state index contributed by atoms with van der Waals surface area (Å²) in [5.74, 6) is 1.54. The summed E-state index contributed by atoms with van der Waals surface area (Å²) in [5.41, 5.74) is 11.7. The van der Waals surface area contributed by atoms with E-state index >= 15 is 0 Å². The van der Waals surface area contributed by atoms with E-state index in [2.05, 4.69) is 0 Å². The Kier molecular flexibility index (Phi) is 1.08. The predicted octanol–water partition coefficient (Wildman–Crippen LogP) is 0.0709. The summed E-state index contributed by atoms with van der Waals surface area (Å²) < 4.78 is 0. The molecule has 0 saturated heterocycles. The maximum atomic E-state index is 5.83. The van der Waals surface area contributed by atoms with Crippen LogP contribution in [0.25, 0.3) is 0 Å². The van der Waals surface area contributed by atoms with Gasteiger partial charge in [0.05, 0.1) is 0 Å². The molecular weight excluding hydrogens is 112 g/mol. The van der Waals surface area contributed by atoms with Crippen LogP contribution < -0.4 is 11.5 Å². The zero-order chi connectivity index (χ0) is 6.43. The highest BCUT2D eigenvalue weighted by Gasteiger charge is 2.42. The minimum Gasteiger partial charge on any atom is -0.327 e. The fourth-order valence-corrected chi connectivity index (χ4v) is 2.36. The minimum absolute atomic E-state index is 0.481. The van der Waals surface area contributed by atoms with Crippen molar-refractivity contribution in [2.75, 3.05) is 0 Å². The van der Waals surface area contributed by atoms with Crippen LogP contribution in [0.1, 0.15) is 19.3 Å². The molecule has 0 amide bonds. The molecule has 2 fully saturated rings. The van der Waals surface area contributed by atoms with Gasteiger partial charge in [-0.1, -0.05) is 0 Å². The Morgan fingerprint density at radius 1 is 0.778 bits per heavy atom. The van der Waals surface area contributed by atoms with Crippen molar-refractivity contribution in [2.45, 2.75) is 31.3 Å². The average Bonchev–Trinajstić information content (AvgIpc) is 2.24. The van der Waals surface area contributed by atoms with E-state index in [-0.39, 0.29) is 0 Å². The lowest BCUT2D eigenvalue weighted by molar-refractivity contribution is 0.375. The molecule has 0 radical (unpaired) electrons. The Balaban J connectivity index is 2.10. The third-order valence-corrected chi connectivity index (χ3v) is 2.97. The molecule has 52 valence electrons. The van der Waals surface area contributed by atoms with Gasteiger partial charge in [0.2, 0.25) is 0 Å². The highest BCUT2D eigenvalue weighted by atomic mass is 14.8. The maximum Gasteiger partial charge on any atom is 0.00710 e. The van der Waals surface area contributed by atoms with Crippen LogP contribution in [0.15, 0.2) is 0 Å². The molecule has 9 heavy (non-hydrogen) atoms. The molecule has 2 aliphatic carbocycles. The van der Waals surface area contributed by atoms with Crippen molar-refractivity contribution >= 4 is 0 Å². The summed E-state index contributed by atoms with van der Waals surface area (Å²) in [6, 6.07) is 0.963. The third-order valence-electron chi connectivity index (χ3n) is 2.97. The van der Waals surface area contributed by atoms with Gasteiger partial charge < -0.3 is 11.5 Å². The van der Waals surface area contributed by atoms with Crippen LogP contribution in [0.3, 0.4) is 0 Å². The lowest BCUT2D eigenvalue weighted by atomic mass is 9.93. The summed E-state index contributed by atoms with van der Waals surface area (Å²) in [7, 11) is 0. The van der Waals surface area contributed by atoms with Gasteiger partial charge in [-0.05, 0) is 31.1 Å². The van der Waals surface area contributed by atoms with Crippen molar-refractivity contribution in [1.82, 2.24) is 0 Å². The molecule has 4 N–H and O–H groups in total. The van der Waals surface area contributed by atoms with Crippen LogP contribution in [-0.2, 0) is 0 Å². The molecule has 0 aromatic heterocycles. The molecule has 0 aromatic rings. The Morgan fingerprint density at radius 2 is 1.22 bits per heavy atom. The first-order valence-corrected chi connectivity index (χ1v) is 3.78. The summed E-state index contributed by atoms with van der Waals surface area (Å²) in [4.78, 5) is 0. The van der Waals surface area contributed by atoms with E-state index < -0.39 is 0 Å². The summed E-state index contributed by atoms with van der Waals surface area (Å²) in [5, 5.41) is 0. The molecule has 0 aliphatic heterocycles. The van der Waals surface area contributed by atoms with E-state index in [0.717, 1.165) is 11.8 Å². The third kappa shape index (κ3) is 0.700. The fourth-order valence-electron chi connectivity index (χ4n) is 2.36. The van der Waals surface area contributed by atoms with Crippen molar-refractivity contribution in [3.8, 4) is 0 Å². The Bertz CT molecular complexity index is 106. The van der Waals surface area contributed by atoms with Crippen LogP contribution in [0, 0.1) is 11.8 Å². The van der Waals surface area contributed by atoms with Gasteiger partial charge in [-0.3, -0.25) is 0 Å². The summed E-state index contributed by atoms with van der Waals surface area (Å²) >= 11 is 0. The number of hydrogen-bond acceptors (Lipinski definition) is 2. The molecule has 0 aromatic carbocycles. The Labute approximate surface area is 55.6 Å². The van der Waals surface area contributed by atoms with Gasteiger partial charge in [0, 0.05) is 12.1 Å². The monoisotopic (exact) mass is 126 g/mol. The van der Waals surface area contributed by atoms with Crippen molar-refractivity contribution in [3.05, 3.63) is 0 Å². The van der Waals surface area contributed by atoms with E-state index in [9.17, 15) is 0 Å². The molecule has 2 heteroatoms. The SMILES string of the molecule is NC1CC2CC1CC2N. The van der Waals surface area contributed by atoms with E-state index in [0.29, 0.717) is 12.1 Å². The zero-order valence-electron chi connectivity index (χ0n) is 5.59.